The molecular weight excluding hydrogens is 158 g/mol. The molecule has 5 nitrogen and oxygen atoms in total. The number of hydrogen-bond donors (Lipinski definition) is 1. The van der Waals surface area contributed by atoms with Crippen LogP contribution in [-0.4, -0.2) is 34.4 Å². The van der Waals surface area contributed by atoms with Crippen LogP contribution in [0.3, 0.4) is 0 Å². The van der Waals surface area contributed by atoms with Gasteiger partial charge >= 0.3 is 6.01 Å². The smallest absolute Gasteiger partial charge is 0.324 e. The van der Waals surface area contributed by atoms with Gasteiger partial charge in [-0.2, -0.15) is 4.98 Å². The van der Waals surface area contributed by atoms with Crippen molar-refractivity contribution in [1.29, 1.82) is 0 Å². The largest absolute Gasteiger partial charge is 0.391 e. The zero-order valence-electron chi connectivity index (χ0n) is 6.90. The Morgan fingerprint density at radius 2 is 2.50 bits per heavy atom. The summed E-state index contributed by atoms with van der Waals surface area (Å²) in [7, 11) is 0. The summed E-state index contributed by atoms with van der Waals surface area (Å²) in [4.78, 5) is 5.96. The van der Waals surface area contributed by atoms with Crippen molar-refractivity contribution in [3.63, 3.8) is 0 Å². The maximum absolute atomic E-state index is 9.24. The first-order chi connectivity index (χ1) is 5.75. The second-order valence-electron chi connectivity index (χ2n) is 3.01. The van der Waals surface area contributed by atoms with Crippen molar-refractivity contribution < 1.29 is 9.63 Å². The summed E-state index contributed by atoms with van der Waals surface area (Å²) >= 11 is 0. The van der Waals surface area contributed by atoms with Gasteiger partial charge in [0, 0.05) is 13.1 Å². The molecule has 0 bridgehead atoms. The van der Waals surface area contributed by atoms with E-state index in [1.54, 1.807) is 6.92 Å². The van der Waals surface area contributed by atoms with E-state index in [0.717, 1.165) is 13.0 Å². The zero-order valence-corrected chi connectivity index (χ0v) is 6.90. The molecule has 1 atom stereocenters. The molecule has 0 spiro atoms. The van der Waals surface area contributed by atoms with E-state index in [-0.39, 0.29) is 6.10 Å². The lowest BCUT2D eigenvalue weighted by molar-refractivity contribution is 0.197. The maximum atomic E-state index is 9.24. The van der Waals surface area contributed by atoms with Gasteiger partial charge in [0.1, 0.15) is 0 Å². The molecule has 0 aliphatic carbocycles. The van der Waals surface area contributed by atoms with Crippen LogP contribution in [0.5, 0.6) is 0 Å². The first-order valence-electron chi connectivity index (χ1n) is 3.99. The number of aliphatic hydroxyl groups is 1. The average molecular weight is 169 g/mol. The van der Waals surface area contributed by atoms with Gasteiger partial charge in [-0.3, -0.25) is 0 Å². The predicted octanol–water partition coefficient (Wildman–Crippen LogP) is -0.0510. The standard InChI is InChI=1S/C7H11N3O2/c1-5-8-7(12-9-5)10-3-2-6(11)4-10/h6,11H,2-4H2,1H3. The van der Waals surface area contributed by atoms with Crippen molar-refractivity contribution >= 4 is 6.01 Å². The second-order valence-corrected chi connectivity index (χ2v) is 3.01. The number of nitrogens with zero attached hydrogens (tertiary/aromatic N) is 3. The van der Waals surface area contributed by atoms with Crippen LogP contribution in [0.4, 0.5) is 6.01 Å². The number of aliphatic hydroxyl groups excluding tert-OH is 1. The van der Waals surface area contributed by atoms with Gasteiger partial charge in [-0.1, -0.05) is 5.16 Å². The van der Waals surface area contributed by atoms with Crippen LogP contribution in [0.25, 0.3) is 0 Å². The molecule has 1 N–H and O–H groups in total. The average Bonchev–Trinajstić information content (AvgIpc) is 2.58. The molecule has 12 heavy (non-hydrogen) atoms. The van der Waals surface area contributed by atoms with E-state index in [1.807, 2.05) is 4.90 Å². The molecule has 2 heterocycles. The Bertz CT molecular complexity index is 273. The van der Waals surface area contributed by atoms with E-state index in [0.29, 0.717) is 18.4 Å². The fourth-order valence-electron chi connectivity index (χ4n) is 1.33. The van der Waals surface area contributed by atoms with Gasteiger partial charge in [-0.25, -0.2) is 0 Å². The Kier molecular flexibility index (Phi) is 1.73. The van der Waals surface area contributed by atoms with Crippen molar-refractivity contribution in [3.8, 4) is 0 Å². The fraction of sp³-hybridized carbons (Fsp3) is 0.714. The number of hydrogen-bond acceptors (Lipinski definition) is 5. The number of rotatable bonds is 1. The van der Waals surface area contributed by atoms with Gasteiger partial charge in [0.15, 0.2) is 5.82 Å². The number of aromatic nitrogens is 2. The third-order valence-corrected chi connectivity index (χ3v) is 1.95. The molecule has 5 heteroatoms. The Labute approximate surface area is 70.0 Å². The van der Waals surface area contributed by atoms with Crippen molar-refractivity contribution in [2.24, 2.45) is 0 Å². The van der Waals surface area contributed by atoms with Crippen LogP contribution < -0.4 is 4.90 Å². The second kappa shape index (κ2) is 2.75. The zero-order chi connectivity index (χ0) is 8.55. The minimum absolute atomic E-state index is 0.253. The van der Waals surface area contributed by atoms with Crippen molar-refractivity contribution in [2.75, 3.05) is 18.0 Å². The van der Waals surface area contributed by atoms with Crippen LogP contribution in [0, 0.1) is 6.92 Å². The lowest BCUT2D eigenvalue weighted by Crippen LogP contribution is -2.21. The van der Waals surface area contributed by atoms with E-state index in [9.17, 15) is 5.11 Å². The van der Waals surface area contributed by atoms with Gasteiger partial charge in [-0.15, -0.1) is 0 Å². The first kappa shape index (κ1) is 7.54. The summed E-state index contributed by atoms with van der Waals surface area (Å²) < 4.78 is 4.95. The van der Waals surface area contributed by atoms with Crippen LogP contribution in [-0.2, 0) is 0 Å². The highest BCUT2D eigenvalue weighted by atomic mass is 16.5. The molecule has 1 saturated heterocycles. The summed E-state index contributed by atoms with van der Waals surface area (Å²) in [5.41, 5.74) is 0. The summed E-state index contributed by atoms with van der Waals surface area (Å²) in [5.74, 6) is 0.631. The van der Waals surface area contributed by atoms with Crippen molar-refractivity contribution in [1.82, 2.24) is 10.1 Å². The molecule has 1 unspecified atom stereocenters. The van der Waals surface area contributed by atoms with Gasteiger partial charge in [-0.05, 0) is 13.3 Å². The lowest BCUT2D eigenvalue weighted by atomic mass is 10.3. The van der Waals surface area contributed by atoms with Crippen LogP contribution in [0.15, 0.2) is 4.52 Å². The molecule has 66 valence electrons. The van der Waals surface area contributed by atoms with E-state index in [4.69, 9.17) is 4.52 Å². The number of anilines is 1. The molecule has 0 aromatic carbocycles. The third kappa shape index (κ3) is 1.27. The molecule has 0 radical (unpaired) electrons. The fourth-order valence-corrected chi connectivity index (χ4v) is 1.33. The van der Waals surface area contributed by atoms with E-state index in [1.165, 1.54) is 0 Å². The quantitative estimate of drug-likeness (QED) is 0.638. The Hall–Kier alpha value is -1.10. The lowest BCUT2D eigenvalue weighted by Gasteiger charge is -2.09. The molecular formula is C7H11N3O2. The Morgan fingerprint density at radius 3 is 3.00 bits per heavy atom. The van der Waals surface area contributed by atoms with Gasteiger partial charge in [0.25, 0.3) is 0 Å². The molecule has 2 rings (SSSR count). The Balaban J connectivity index is 2.11. The monoisotopic (exact) mass is 169 g/mol. The highest BCUT2D eigenvalue weighted by molar-refractivity contribution is 5.27. The van der Waals surface area contributed by atoms with Crippen molar-refractivity contribution in [2.45, 2.75) is 19.4 Å². The molecule has 0 saturated carbocycles. The number of β-amino-alcohol motifs (C(OH)–C–C–N with tert-alkyl or cyclic N) is 1. The molecule has 1 fully saturated rings. The van der Waals surface area contributed by atoms with Crippen LogP contribution in [0.1, 0.15) is 12.2 Å². The van der Waals surface area contributed by atoms with Gasteiger partial charge in [0.2, 0.25) is 0 Å². The molecule has 1 aliphatic rings. The molecule has 0 amide bonds. The van der Waals surface area contributed by atoms with E-state index in [2.05, 4.69) is 10.1 Å². The highest BCUT2D eigenvalue weighted by Gasteiger charge is 2.23. The topological polar surface area (TPSA) is 62.4 Å². The van der Waals surface area contributed by atoms with E-state index >= 15 is 0 Å². The van der Waals surface area contributed by atoms with Crippen LogP contribution in [0.2, 0.25) is 0 Å². The molecule has 1 aliphatic heterocycles. The Morgan fingerprint density at radius 1 is 1.67 bits per heavy atom. The van der Waals surface area contributed by atoms with Crippen molar-refractivity contribution in [3.05, 3.63) is 5.82 Å². The SMILES string of the molecule is Cc1noc(N2CCC(O)C2)n1. The minimum atomic E-state index is -0.253. The summed E-state index contributed by atoms with van der Waals surface area (Å²) in [5, 5.41) is 12.9. The maximum Gasteiger partial charge on any atom is 0.324 e. The summed E-state index contributed by atoms with van der Waals surface area (Å²) in [6.07, 6.45) is 0.527. The van der Waals surface area contributed by atoms with Crippen LogP contribution >= 0.6 is 0 Å². The molecule has 1 aromatic heterocycles. The molecule has 1 aromatic rings. The highest BCUT2D eigenvalue weighted by Crippen LogP contribution is 2.17. The minimum Gasteiger partial charge on any atom is -0.391 e. The third-order valence-electron chi connectivity index (χ3n) is 1.95. The normalized spacial score (nSPS) is 23.5. The van der Waals surface area contributed by atoms with Gasteiger partial charge < -0.3 is 14.5 Å². The van der Waals surface area contributed by atoms with E-state index < -0.39 is 0 Å². The summed E-state index contributed by atoms with van der Waals surface area (Å²) in [6.45, 7) is 3.17. The predicted molar refractivity (Wildman–Crippen MR) is 41.9 cm³/mol. The number of aryl methyl sites for hydroxylation is 1. The first-order valence-corrected chi connectivity index (χ1v) is 3.99. The van der Waals surface area contributed by atoms with Gasteiger partial charge in [0.05, 0.1) is 6.10 Å². The summed E-state index contributed by atoms with van der Waals surface area (Å²) in [6, 6.07) is 0.518.